The molecule has 0 unspecified atom stereocenters. The Balaban J connectivity index is 1.92. The van der Waals surface area contributed by atoms with Gasteiger partial charge in [-0.05, 0) is 24.6 Å². The Labute approximate surface area is 171 Å². The summed E-state index contributed by atoms with van der Waals surface area (Å²) in [5, 5.41) is 0. The van der Waals surface area contributed by atoms with Crippen LogP contribution in [-0.4, -0.2) is 32.1 Å². The molecule has 0 radical (unpaired) electrons. The van der Waals surface area contributed by atoms with E-state index in [9.17, 15) is 13.2 Å². The van der Waals surface area contributed by atoms with Crippen LogP contribution in [0.1, 0.15) is 32.9 Å². The van der Waals surface area contributed by atoms with Crippen LogP contribution < -0.4 is 9.46 Å². The lowest BCUT2D eigenvalue weighted by Gasteiger charge is -2.13. The van der Waals surface area contributed by atoms with Gasteiger partial charge in [0.15, 0.2) is 0 Å². The van der Waals surface area contributed by atoms with Crippen LogP contribution in [0.2, 0.25) is 0 Å². The van der Waals surface area contributed by atoms with E-state index in [0.29, 0.717) is 29.1 Å². The molecule has 0 amide bonds. The van der Waals surface area contributed by atoms with Crippen LogP contribution in [0.5, 0.6) is 5.75 Å². The molecule has 0 bridgehead atoms. The van der Waals surface area contributed by atoms with Gasteiger partial charge in [-0.2, -0.15) is 0 Å². The molecule has 0 aliphatic rings. The number of benzene rings is 2. The molecule has 0 aliphatic carbocycles. The third kappa shape index (κ3) is 4.68. The summed E-state index contributed by atoms with van der Waals surface area (Å²) < 4.78 is 32.7. The number of carbonyl (C=O) groups is 1. The zero-order valence-electron chi connectivity index (χ0n) is 16.9. The number of methoxy groups -OCH3 is 1. The first-order chi connectivity index (χ1) is 13.7. The zero-order chi connectivity index (χ0) is 21.2. The zero-order valence-corrected chi connectivity index (χ0v) is 17.7. The van der Waals surface area contributed by atoms with Gasteiger partial charge in [-0.15, -0.1) is 0 Å². The summed E-state index contributed by atoms with van der Waals surface area (Å²) in [6.45, 7) is 1.93. The maximum absolute atomic E-state index is 12.9. The molecular formula is C22H24N2O4S. The van der Waals surface area contributed by atoms with Crippen molar-refractivity contribution in [1.29, 1.82) is 0 Å². The molecule has 7 heteroatoms. The standard InChI is InChI=1S/C22H24N2O4S/c1-15-12-19(24(2)21(15)22(25)16-8-6-5-7-9-16)13-17-10-11-18(14-20(17)28-3)23-29(4,26)27/h5-12,14,23H,13H2,1-4H3. The number of aryl methyl sites for hydroxylation is 1. The third-order valence-corrected chi connectivity index (χ3v) is 5.34. The highest BCUT2D eigenvalue weighted by molar-refractivity contribution is 7.92. The second-order valence-corrected chi connectivity index (χ2v) is 8.75. The van der Waals surface area contributed by atoms with Gasteiger partial charge in [0.2, 0.25) is 15.8 Å². The van der Waals surface area contributed by atoms with Gasteiger partial charge in [0, 0.05) is 36.4 Å². The smallest absolute Gasteiger partial charge is 0.229 e. The number of nitrogens with zero attached hydrogens (tertiary/aromatic N) is 1. The highest BCUT2D eigenvalue weighted by Crippen LogP contribution is 2.28. The predicted molar refractivity (Wildman–Crippen MR) is 114 cm³/mol. The molecule has 0 aliphatic heterocycles. The van der Waals surface area contributed by atoms with Crippen LogP contribution in [0.4, 0.5) is 5.69 Å². The van der Waals surface area contributed by atoms with Crippen molar-refractivity contribution in [3.8, 4) is 5.75 Å². The lowest BCUT2D eigenvalue weighted by atomic mass is 10.1. The Morgan fingerprint density at radius 3 is 2.41 bits per heavy atom. The molecule has 3 rings (SSSR count). The first kappa shape index (κ1) is 20.7. The summed E-state index contributed by atoms with van der Waals surface area (Å²) in [7, 11) is 0.0589. The number of ketones is 1. The molecule has 29 heavy (non-hydrogen) atoms. The highest BCUT2D eigenvalue weighted by Gasteiger charge is 2.19. The summed E-state index contributed by atoms with van der Waals surface area (Å²) in [5.74, 6) is 0.560. The van der Waals surface area contributed by atoms with Crippen LogP contribution in [0.15, 0.2) is 54.6 Å². The minimum absolute atomic E-state index is 0.0171. The van der Waals surface area contributed by atoms with Gasteiger partial charge in [-0.25, -0.2) is 8.42 Å². The molecule has 0 spiro atoms. The Kier molecular flexibility index (Phi) is 5.79. The van der Waals surface area contributed by atoms with Crippen molar-refractivity contribution >= 4 is 21.5 Å². The largest absolute Gasteiger partial charge is 0.496 e. The molecule has 0 atom stereocenters. The van der Waals surface area contributed by atoms with Crippen LogP contribution >= 0.6 is 0 Å². The van der Waals surface area contributed by atoms with E-state index in [4.69, 9.17) is 4.74 Å². The van der Waals surface area contributed by atoms with E-state index >= 15 is 0 Å². The Hall–Kier alpha value is -3.06. The summed E-state index contributed by atoms with van der Waals surface area (Å²) in [5.41, 5.74) is 4.51. The average molecular weight is 413 g/mol. The van der Waals surface area contributed by atoms with E-state index in [1.54, 1.807) is 19.2 Å². The second kappa shape index (κ2) is 8.13. The Bertz CT molecular complexity index is 1150. The Morgan fingerprint density at radius 1 is 1.10 bits per heavy atom. The quantitative estimate of drug-likeness (QED) is 0.602. The number of hydrogen-bond acceptors (Lipinski definition) is 4. The number of aromatic nitrogens is 1. The molecule has 0 fully saturated rings. The van der Waals surface area contributed by atoms with E-state index in [1.807, 2.05) is 61.0 Å². The Morgan fingerprint density at radius 2 is 1.79 bits per heavy atom. The van der Waals surface area contributed by atoms with E-state index in [1.165, 1.54) is 0 Å². The van der Waals surface area contributed by atoms with Gasteiger partial charge in [0.05, 0.1) is 24.7 Å². The normalized spacial score (nSPS) is 11.3. The van der Waals surface area contributed by atoms with E-state index < -0.39 is 10.0 Å². The molecule has 1 aromatic heterocycles. The van der Waals surface area contributed by atoms with Crippen molar-refractivity contribution in [2.75, 3.05) is 18.1 Å². The topological polar surface area (TPSA) is 77.4 Å². The number of sulfonamides is 1. The van der Waals surface area contributed by atoms with Crippen LogP contribution in [0.25, 0.3) is 0 Å². The van der Waals surface area contributed by atoms with Gasteiger partial charge in [-0.3, -0.25) is 9.52 Å². The van der Waals surface area contributed by atoms with E-state index in [2.05, 4.69) is 4.72 Å². The monoisotopic (exact) mass is 412 g/mol. The fourth-order valence-electron chi connectivity index (χ4n) is 3.41. The first-order valence-electron chi connectivity index (χ1n) is 9.09. The molecule has 1 N–H and O–H groups in total. The summed E-state index contributed by atoms with van der Waals surface area (Å²) in [4.78, 5) is 12.9. The van der Waals surface area contributed by atoms with Crippen LogP contribution in [0.3, 0.4) is 0 Å². The minimum atomic E-state index is -3.37. The number of carbonyl (C=O) groups excluding carboxylic acids is 1. The molecule has 0 saturated heterocycles. The fourth-order valence-corrected chi connectivity index (χ4v) is 3.97. The number of rotatable bonds is 7. The number of nitrogens with one attached hydrogen (secondary N) is 1. The number of ether oxygens (including phenoxy) is 1. The summed E-state index contributed by atoms with van der Waals surface area (Å²) in [6.07, 6.45) is 1.65. The van der Waals surface area contributed by atoms with Gasteiger partial charge in [-0.1, -0.05) is 36.4 Å². The lowest BCUT2D eigenvalue weighted by Crippen LogP contribution is -2.11. The van der Waals surface area contributed by atoms with Crippen molar-refractivity contribution in [2.24, 2.45) is 7.05 Å². The van der Waals surface area contributed by atoms with Crippen LogP contribution in [-0.2, 0) is 23.5 Å². The van der Waals surface area contributed by atoms with Crippen molar-refractivity contribution in [1.82, 2.24) is 4.57 Å². The molecule has 1 heterocycles. The summed E-state index contributed by atoms with van der Waals surface area (Å²) >= 11 is 0. The first-order valence-corrected chi connectivity index (χ1v) is 11.0. The lowest BCUT2D eigenvalue weighted by molar-refractivity contribution is 0.103. The molecule has 3 aromatic rings. The average Bonchev–Trinajstić information content (AvgIpc) is 2.95. The van der Waals surface area contributed by atoms with E-state index in [-0.39, 0.29) is 5.78 Å². The van der Waals surface area contributed by atoms with Crippen molar-refractivity contribution in [3.05, 3.63) is 82.7 Å². The van der Waals surface area contributed by atoms with Crippen molar-refractivity contribution in [2.45, 2.75) is 13.3 Å². The fraction of sp³-hybridized carbons (Fsp3) is 0.227. The van der Waals surface area contributed by atoms with Gasteiger partial charge >= 0.3 is 0 Å². The maximum atomic E-state index is 12.9. The van der Waals surface area contributed by atoms with Gasteiger partial charge < -0.3 is 9.30 Å². The molecule has 0 saturated carbocycles. The maximum Gasteiger partial charge on any atom is 0.229 e. The van der Waals surface area contributed by atoms with Gasteiger partial charge in [0.25, 0.3) is 0 Å². The molecule has 6 nitrogen and oxygen atoms in total. The van der Waals surface area contributed by atoms with Crippen LogP contribution in [0, 0.1) is 6.92 Å². The molecule has 2 aromatic carbocycles. The second-order valence-electron chi connectivity index (χ2n) is 7.00. The third-order valence-electron chi connectivity index (χ3n) is 4.74. The summed E-state index contributed by atoms with van der Waals surface area (Å²) in [6, 6.07) is 16.4. The number of anilines is 1. The minimum Gasteiger partial charge on any atom is -0.496 e. The van der Waals surface area contributed by atoms with Crippen molar-refractivity contribution in [3.63, 3.8) is 0 Å². The van der Waals surface area contributed by atoms with Crippen molar-refractivity contribution < 1.29 is 17.9 Å². The van der Waals surface area contributed by atoms with Gasteiger partial charge in [0.1, 0.15) is 5.75 Å². The SMILES string of the molecule is COc1cc(NS(C)(=O)=O)ccc1Cc1cc(C)c(C(=O)c2ccccc2)n1C. The predicted octanol–water partition coefficient (Wildman–Crippen LogP) is 3.54. The highest BCUT2D eigenvalue weighted by atomic mass is 32.2. The molecule has 152 valence electrons. The van der Waals surface area contributed by atoms with E-state index in [0.717, 1.165) is 23.1 Å². The number of hydrogen-bond donors (Lipinski definition) is 1. The molecular weight excluding hydrogens is 388 g/mol.